The van der Waals surface area contributed by atoms with Crippen molar-refractivity contribution in [1.29, 1.82) is 0 Å². The number of Topliss-reactive ketones (excluding diaryl/α,β-unsaturated/α-hetero) is 1. The number of rotatable bonds is 9. The Hall–Kier alpha value is -1.00. The van der Waals surface area contributed by atoms with Gasteiger partial charge in [0.15, 0.2) is 0 Å². The van der Waals surface area contributed by atoms with Crippen molar-refractivity contribution in [3.63, 3.8) is 0 Å². The van der Waals surface area contributed by atoms with Gasteiger partial charge in [0.25, 0.3) is 6.47 Å². The summed E-state index contributed by atoms with van der Waals surface area (Å²) in [6, 6.07) is 7.57. The van der Waals surface area contributed by atoms with E-state index in [1.807, 2.05) is 24.3 Å². The van der Waals surface area contributed by atoms with Crippen LogP contribution in [0.3, 0.4) is 0 Å². The number of ether oxygens (including phenoxy) is 1. The summed E-state index contributed by atoms with van der Waals surface area (Å²) in [5.74, 6) is 0.169. The Morgan fingerprint density at radius 1 is 1.42 bits per heavy atom. The summed E-state index contributed by atoms with van der Waals surface area (Å²) in [5, 5.41) is 0.903. The van der Waals surface area contributed by atoms with Crippen LogP contribution in [-0.2, 0) is 14.3 Å². The first kappa shape index (κ1) is 16.1. The van der Waals surface area contributed by atoms with Crippen molar-refractivity contribution in [2.24, 2.45) is 0 Å². The Labute approximate surface area is 122 Å². The molecule has 0 bridgehead atoms. The summed E-state index contributed by atoms with van der Waals surface area (Å²) in [4.78, 5) is 22.4. The van der Waals surface area contributed by atoms with Crippen molar-refractivity contribution in [3.8, 4) is 0 Å². The average molecular weight is 301 g/mol. The fourth-order valence-electron chi connectivity index (χ4n) is 1.67. The molecule has 3 nitrogen and oxygen atoms in total. The van der Waals surface area contributed by atoms with E-state index in [1.165, 1.54) is 0 Å². The zero-order valence-electron chi connectivity index (χ0n) is 10.8. The first-order chi connectivity index (χ1) is 9.11. The van der Waals surface area contributed by atoms with Crippen LogP contribution in [0.4, 0.5) is 0 Å². The molecule has 1 atom stereocenters. The van der Waals surface area contributed by atoms with E-state index in [9.17, 15) is 9.59 Å². The first-order valence-electron chi connectivity index (χ1n) is 6.08. The van der Waals surface area contributed by atoms with Gasteiger partial charge in [0, 0.05) is 21.6 Å². The number of carbonyl (C=O) groups excluding carboxylic acids is 2. The second-order valence-electron chi connectivity index (χ2n) is 4.21. The standard InChI is InChI=1S/C14H17ClO3S/c1-11(17)9-14(3-2-8-18-10-16)19-13-6-4-12(15)5-7-13/h4-7,10,14H,2-3,8-9H2,1H3. The first-order valence-corrected chi connectivity index (χ1v) is 7.34. The number of thioether (sulfide) groups is 1. The zero-order chi connectivity index (χ0) is 14.1. The molecule has 0 aliphatic rings. The molecule has 19 heavy (non-hydrogen) atoms. The summed E-state index contributed by atoms with van der Waals surface area (Å²) in [5.41, 5.74) is 0. The van der Waals surface area contributed by atoms with Crippen molar-refractivity contribution in [2.45, 2.75) is 36.3 Å². The van der Waals surface area contributed by atoms with E-state index in [1.54, 1.807) is 18.7 Å². The fraction of sp³-hybridized carbons (Fsp3) is 0.429. The highest BCUT2D eigenvalue weighted by atomic mass is 35.5. The number of carbonyl (C=O) groups is 2. The van der Waals surface area contributed by atoms with E-state index in [0.29, 0.717) is 24.5 Å². The van der Waals surface area contributed by atoms with Gasteiger partial charge in [-0.3, -0.25) is 9.59 Å². The Morgan fingerprint density at radius 2 is 2.11 bits per heavy atom. The van der Waals surface area contributed by atoms with E-state index in [-0.39, 0.29) is 11.0 Å². The Kier molecular flexibility index (Phi) is 7.60. The number of halogens is 1. The maximum atomic E-state index is 11.3. The van der Waals surface area contributed by atoms with Gasteiger partial charge < -0.3 is 4.74 Å². The molecule has 0 amide bonds. The second-order valence-corrected chi connectivity index (χ2v) is 6.02. The minimum absolute atomic E-state index is 0.169. The van der Waals surface area contributed by atoms with Gasteiger partial charge in [-0.25, -0.2) is 0 Å². The predicted octanol–water partition coefficient (Wildman–Crippen LogP) is 3.73. The van der Waals surface area contributed by atoms with Crippen molar-refractivity contribution in [2.75, 3.05) is 6.61 Å². The van der Waals surface area contributed by atoms with E-state index < -0.39 is 0 Å². The van der Waals surface area contributed by atoms with E-state index in [2.05, 4.69) is 4.74 Å². The van der Waals surface area contributed by atoms with Crippen LogP contribution in [0.5, 0.6) is 0 Å². The van der Waals surface area contributed by atoms with Gasteiger partial charge in [-0.1, -0.05) is 11.6 Å². The highest BCUT2D eigenvalue weighted by Crippen LogP contribution is 2.29. The summed E-state index contributed by atoms with van der Waals surface area (Å²) >= 11 is 7.50. The molecule has 0 heterocycles. The van der Waals surface area contributed by atoms with Crippen LogP contribution >= 0.6 is 23.4 Å². The monoisotopic (exact) mass is 300 g/mol. The van der Waals surface area contributed by atoms with E-state index in [4.69, 9.17) is 11.6 Å². The highest BCUT2D eigenvalue weighted by Gasteiger charge is 2.13. The smallest absolute Gasteiger partial charge is 0.293 e. The molecule has 0 saturated heterocycles. The average Bonchev–Trinajstić information content (AvgIpc) is 2.36. The molecule has 0 fully saturated rings. The van der Waals surface area contributed by atoms with Crippen molar-refractivity contribution in [3.05, 3.63) is 29.3 Å². The molecule has 0 saturated carbocycles. The lowest BCUT2D eigenvalue weighted by atomic mass is 10.1. The van der Waals surface area contributed by atoms with Gasteiger partial charge >= 0.3 is 0 Å². The zero-order valence-corrected chi connectivity index (χ0v) is 12.4. The summed E-state index contributed by atoms with van der Waals surface area (Å²) in [6.07, 6.45) is 2.12. The third kappa shape index (κ3) is 7.23. The molecule has 5 heteroatoms. The molecule has 1 unspecified atom stereocenters. The van der Waals surface area contributed by atoms with E-state index >= 15 is 0 Å². The quantitative estimate of drug-likeness (QED) is 0.396. The van der Waals surface area contributed by atoms with E-state index in [0.717, 1.165) is 17.7 Å². The van der Waals surface area contributed by atoms with Gasteiger partial charge in [-0.15, -0.1) is 11.8 Å². The van der Waals surface area contributed by atoms with Crippen molar-refractivity contribution < 1.29 is 14.3 Å². The van der Waals surface area contributed by atoms with Crippen molar-refractivity contribution in [1.82, 2.24) is 0 Å². The molecule has 0 aliphatic heterocycles. The Morgan fingerprint density at radius 3 is 2.68 bits per heavy atom. The predicted molar refractivity (Wildman–Crippen MR) is 77.6 cm³/mol. The molecule has 0 N–H and O–H groups in total. The lowest BCUT2D eigenvalue weighted by Gasteiger charge is -2.14. The van der Waals surface area contributed by atoms with Gasteiger partial charge in [-0.05, 0) is 44.0 Å². The molecule has 104 valence electrons. The molecule has 1 rings (SSSR count). The largest absolute Gasteiger partial charge is 0.468 e. The molecular formula is C14H17ClO3S. The normalized spacial score (nSPS) is 11.9. The summed E-state index contributed by atoms with van der Waals surface area (Å²) in [7, 11) is 0. The Bertz CT molecular complexity index is 406. The Balaban J connectivity index is 2.50. The lowest BCUT2D eigenvalue weighted by molar-refractivity contribution is -0.128. The minimum Gasteiger partial charge on any atom is -0.468 e. The van der Waals surface area contributed by atoms with Gasteiger partial charge in [-0.2, -0.15) is 0 Å². The van der Waals surface area contributed by atoms with Crippen LogP contribution in [0.2, 0.25) is 5.02 Å². The maximum absolute atomic E-state index is 11.3. The molecule has 0 spiro atoms. The van der Waals surface area contributed by atoms with Crippen LogP contribution in [-0.4, -0.2) is 24.1 Å². The van der Waals surface area contributed by atoms with Crippen LogP contribution in [0.15, 0.2) is 29.2 Å². The maximum Gasteiger partial charge on any atom is 0.293 e. The van der Waals surface area contributed by atoms with Crippen LogP contribution < -0.4 is 0 Å². The third-order valence-corrected chi connectivity index (χ3v) is 4.02. The topological polar surface area (TPSA) is 43.4 Å². The lowest BCUT2D eigenvalue weighted by Crippen LogP contribution is -2.09. The van der Waals surface area contributed by atoms with Gasteiger partial charge in [0.05, 0.1) is 6.61 Å². The number of benzene rings is 1. The summed E-state index contributed by atoms with van der Waals surface area (Å²) < 4.78 is 4.66. The SMILES string of the molecule is CC(=O)CC(CCCOC=O)Sc1ccc(Cl)cc1. The van der Waals surface area contributed by atoms with Crippen LogP contribution in [0.25, 0.3) is 0 Å². The second kappa shape index (κ2) is 8.99. The van der Waals surface area contributed by atoms with Crippen LogP contribution in [0.1, 0.15) is 26.2 Å². The fourth-order valence-corrected chi connectivity index (χ4v) is 3.08. The molecular weight excluding hydrogens is 284 g/mol. The number of ketones is 1. The van der Waals surface area contributed by atoms with Gasteiger partial charge in [0.2, 0.25) is 0 Å². The molecule has 1 aromatic rings. The summed E-state index contributed by atoms with van der Waals surface area (Å²) in [6.45, 7) is 2.45. The highest BCUT2D eigenvalue weighted by molar-refractivity contribution is 8.00. The molecule has 0 radical (unpaired) electrons. The third-order valence-electron chi connectivity index (χ3n) is 2.49. The minimum atomic E-state index is 0.169. The number of hydrogen-bond donors (Lipinski definition) is 0. The van der Waals surface area contributed by atoms with Crippen molar-refractivity contribution >= 4 is 35.6 Å². The number of hydrogen-bond acceptors (Lipinski definition) is 4. The molecule has 1 aromatic carbocycles. The van der Waals surface area contributed by atoms with Gasteiger partial charge in [0.1, 0.15) is 5.78 Å². The van der Waals surface area contributed by atoms with Crippen LogP contribution in [0, 0.1) is 0 Å². The molecule has 0 aliphatic carbocycles. The molecule has 0 aromatic heterocycles.